The first-order valence-electron chi connectivity index (χ1n) is 5.56. The quantitative estimate of drug-likeness (QED) is 0.848. The van der Waals surface area contributed by atoms with Crippen molar-refractivity contribution in [2.24, 2.45) is 0 Å². The minimum Gasteiger partial charge on any atom is -0.390 e. The highest BCUT2D eigenvalue weighted by Gasteiger charge is 2.31. The Balaban J connectivity index is 2.50. The zero-order valence-electron chi connectivity index (χ0n) is 10.1. The standard InChI is InChI=1S/C13H14F3NO/c1-12(2,18)6-8-7-17-11-4-3-9(5-10(8)11)13(14,15)16/h3-5,7,17-18H,6H2,1-2H3. The van der Waals surface area contributed by atoms with Crippen molar-refractivity contribution < 1.29 is 18.3 Å². The molecule has 2 nitrogen and oxygen atoms in total. The zero-order valence-corrected chi connectivity index (χ0v) is 10.1. The number of hydrogen-bond donors (Lipinski definition) is 2. The Morgan fingerprint density at radius 2 is 1.89 bits per heavy atom. The van der Waals surface area contributed by atoms with Crippen molar-refractivity contribution >= 4 is 10.9 Å². The van der Waals surface area contributed by atoms with Gasteiger partial charge in [-0.25, -0.2) is 0 Å². The highest BCUT2D eigenvalue weighted by Crippen LogP contribution is 2.32. The van der Waals surface area contributed by atoms with Crippen LogP contribution in [-0.2, 0) is 12.6 Å². The molecule has 0 saturated heterocycles. The average Bonchev–Trinajstić information content (AvgIpc) is 2.57. The van der Waals surface area contributed by atoms with Crippen molar-refractivity contribution in [1.82, 2.24) is 4.98 Å². The van der Waals surface area contributed by atoms with E-state index in [0.29, 0.717) is 22.9 Å². The third kappa shape index (κ3) is 2.67. The Morgan fingerprint density at radius 3 is 2.44 bits per heavy atom. The maximum atomic E-state index is 12.6. The molecule has 1 aromatic heterocycles. The van der Waals surface area contributed by atoms with Crippen LogP contribution in [0.4, 0.5) is 13.2 Å². The number of aromatic nitrogens is 1. The van der Waals surface area contributed by atoms with Crippen molar-refractivity contribution in [3.05, 3.63) is 35.5 Å². The largest absolute Gasteiger partial charge is 0.416 e. The van der Waals surface area contributed by atoms with E-state index in [1.807, 2.05) is 0 Å². The van der Waals surface area contributed by atoms with Crippen LogP contribution in [0.3, 0.4) is 0 Å². The molecule has 0 saturated carbocycles. The first kappa shape index (κ1) is 13.0. The number of benzene rings is 1. The van der Waals surface area contributed by atoms with Crippen molar-refractivity contribution in [1.29, 1.82) is 0 Å². The van der Waals surface area contributed by atoms with Crippen LogP contribution < -0.4 is 0 Å². The lowest BCUT2D eigenvalue weighted by Crippen LogP contribution is -2.21. The highest BCUT2D eigenvalue weighted by atomic mass is 19.4. The molecule has 5 heteroatoms. The molecule has 0 spiro atoms. The smallest absolute Gasteiger partial charge is 0.390 e. The first-order valence-corrected chi connectivity index (χ1v) is 5.56. The van der Waals surface area contributed by atoms with Gasteiger partial charge in [-0.1, -0.05) is 0 Å². The van der Waals surface area contributed by atoms with E-state index >= 15 is 0 Å². The Morgan fingerprint density at radius 1 is 1.22 bits per heavy atom. The van der Waals surface area contributed by atoms with Crippen LogP contribution in [0, 0.1) is 0 Å². The van der Waals surface area contributed by atoms with Gasteiger partial charge in [-0.15, -0.1) is 0 Å². The summed E-state index contributed by atoms with van der Waals surface area (Å²) in [6.07, 6.45) is -2.41. The van der Waals surface area contributed by atoms with Crippen LogP contribution >= 0.6 is 0 Å². The number of aromatic amines is 1. The molecule has 0 unspecified atom stereocenters. The Bertz CT molecular complexity index is 564. The van der Waals surface area contributed by atoms with E-state index in [2.05, 4.69) is 4.98 Å². The summed E-state index contributed by atoms with van der Waals surface area (Å²) in [6, 6.07) is 3.58. The lowest BCUT2D eigenvalue weighted by atomic mass is 9.97. The van der Waals surface area contributed by atoms with Gasteiger partial charge in [-0.2, -0.15) is 13.2 Å². The average molecular weight is 257 g/mol. The number of alkyl halides is 3. The summed E-state index contributed by atoms with van der Waals surface area (Å²) in [4.78, 5) is 2.91. The van der Waals surface area contributed by atoms with Gasteiger partial charge in [0.15, 0.2) is 0 Å². The number of nitrogens with one attached hydrogen (secondary N) is 1. The SMILES string of the molecule is CC(C)(O)Cc1c[nH]c2ccc(C(F)(F)F)cc12. The number of rotatable bonds is 2. The summed E-state index contributed by atoms with van der Waals surface area (Å²) in [5.74, 6) is 0. The molecule has 0 amide bonds. The first-order chi connectivity index (χ1) is 8.17. The molecule has 18 heavy (non-hydrogen) atoms. The van der Waals surface area contributed by atoms with Crippen LogP contribution in [0.1, 0.15) is 25.0 Å². The van der Waals surface area contributed by atoms with E-state index in [1.54, 1.807) is 20.0 Å². The second kappa shape index (κ2) is 4.02. The molecule has 1 heterocycles. The minimum absolute atomic E-state index is 0.300. The van der Waals surface area contributed by atoms with E-state index in [1.165, 1.54) is 6.07 Å². The van der Waals surface area contributed by atoms with Gasteiger partial charge in [0, 0.05) is 23.5 Å². The van der Waals surface area contributed by atoms with Gasteiger partial charge in [-0.05, 0) is 37.6 Å². The summed E-state index contributed by atoms with van der Waals surface area (Å²) >= 11 is 0. The number of halogens is 3. The minimum atomic E-state index is -4.35. The van der Waals surface area contributed by atoms with Crippen LogP contribution in [-0.4, -0.2) is 15.7 Å². The van der Waals surface area contributed by atoms with Crippen molar-refractivity contribution in [3.8, 4) is 0 Å². The summed E-state index contributed by atoms with van der Waals surface area (Å²) in [5, 5.41) is 10.2. The van der Waals surface area contributed by atoms with Crippen molar-refractivity contribution in [2.75, 3.05) is 0 Å². The molecular weight excluding hydrogens is 243 g/mol. The maximum absolute atomic E-state index is 12.6. The third-order valence-corrected chi connectivity index (χ3v) is 2.72. The van der Waals surface area contributed by atoms with Crippen LogP contribution in [0.15, 0.2) is 24.4 Å². The number of aliphatic hydroxyl groups is 1. The molecule has 2 N–H and O–H groups in total. The molecule has 1 aromatic carbocycles. The highest BCUT2D eigenvalue weighted by molar-refractivity contribution is 5.84. The summed E-state index contributed by atoms with van der Waals surface area (Å²) < 4.78 is 37.9. The van der Waals surface area contributed by atoms with E-state index < -0.39 is 17.3 Å². The van der Waals surface area contributed by atoms with Gasteiger partial charge in [-0.3, -0.25) is 0 Å². The Labute approximate surface area is 102 Å². The monoisotopic (exact) mass is 257 g/mol. The van der Waals surface area contributed by atoms with E-state index in [4.69, 9.17) is 0 Å². The Hall–Kier alpha value is -1.49. The summed E-state index contributed by atoms with van der Waals surface area (Å²) in [7, 11) is 0. The van der Waals surface area contributed by atoms with Crippen LogP contribution in [0.25, 0.3) is 10.9 Å². The molecular formula is C13H14F3NO. The van der Waals surface area contributed by atoms with Crippen molar-refractivity contribution in [3.63, 3.8) is 0 Å². The van der Waals surface area contributed by atoms with Crippen molar-refractivity contribution in [2.45, 2.75) is 32.0 Å². The molecule has 0 aliphatic rings. The Kier molecular flexibility index (Phi) is 2.89. The van der Waals surface area contributed by atoms with E-state index in [0.717, 1.165) is 12.1 Å². The van der Waals surface area contributed by atoms with Gasteiger partial charge < -0.3 is 10.1 Å². The van der Waals surface area contributed by atoms with Gasteiger partial charge in [0.25, 0.3) is 0 Å². The molecule has 0 bridgehead atoms. The zero-order chi connectivity index (χ0) is 13.6. The maximum Gasteiger partial charge on any atom is 0.416 e. The molecule has 98 valence electrons. The lowest BCUT2D eigenvalue weighted by Gasteiger charge is -2.16. The normalized spacial score (nSPS) is 13.2. The van der Waals surface area contributed by atoms with E-state index in [-0.39, 0.29) is 0 Å². The predicted octanol–water partition coefficient (Wildman–Crippen LogP) is 3.50. The fourth-order valence-corrected chi connectivity index (χ4v) is 1.97. The topological polar surface area (TPSA) is 36.0 Å². The molecule has 2 aromatic rings. The molecule has 0 aliphatic carbocycles. The molecule has 0 fully saturated rings. The number of fused-ring (bicyclic) bond motifs is 1. The van der Waals surface area contributed by atoms with Gasteiger partial charge in [0.1, 0.15) is 0 Å². The van der Waals surface area contributed by atoms with Gasteiger partial charge >= 0.3 is 6.18 Å². The third-order valence-electron chi connectivity index (χ3n) is 2.72. The van der Waals surface area contributed by atoms with Crippen LogP contribution in [0.5, 0.6) is 0 Å². The van der Waals surface area contributed by atoms with Gasteiger partial charge in [0.2, 0.25) is 0 Å². The lowest BCUT2D eigenvalue weighted by molar-refractivity contribution is -0.137. The second-order valence-electron chi connectivity index (χ2n) is 5.06. The predicted molar refractivity (Wildman–Crippen MR) is 63.3 cm³/mol. The summed E-state index contributed by atoms with van der Waals surface area (Å²) in [6.45, 7) is 3.25. The summed E-state index contributed by atoms with van der Waals surface area (Å²) in [5.41, 5.74) is -0.305. The van der Waals surface area contributed by atoms with Gasteiger partial charge in [0.05, 0.1) is 11.2 Å². The molecule has 0 aliphatic heterocycles. The fourth-order valence-electron chi connectivity index (χ4n) is 1.97. The molecule has 0 radical (unpaired) electrons. The fraction of sp³-hybridized carbons (Fsp3) is 0.385. The number of hydrogen-bond acceptors (Lipinski definition) is 1. The number of H-pyrrole nitrogens is 1. The molecule has 0 atom stereocenters. The molecule has 2 rings (SSSR count). The second-order valence-corrected chi connectivity index (χ2v) is 5.06. The van der Waals surface area contributed by atoms with E-state index in [9.17, 15) is 18.3 Å². The van der Waals surface area contributed by atoms with Crippen LogP contribution in [0.2, 0.25) is 0 Å².